The van der Waals surface area contributed by atoms with Crippen LogP contribution in [0.15, 0.2) is 54.6 Å². The van der Waals surface area contributed by atoms with Gasteiger partial charge in [0.05, 0.1) is 6.10 Å². The Hall–Kier alpha value is -2.82. The molecule has 5 nitrogen and oxygen atoms in total. The summed E-state index contributed by atoms with van der Waals surface area (Å²) in [7, 11) is 0. The molecule has 2 unspecified atom stereocenters. The zero-order chi connectivity index (χ0) is 22.2. The van der Waals surface area contributed by atoms with Crippen molar-refractivity contribution in [2.75, 3.05) is 6.54 Å². The predicted octanol–water partition coefficient (Wildman–Crippen LogP) is 4.66. The Bertz CT molecular complexity index is 849. The van der Waals surface area contributed by atoms with Gasteiger partial charge in [-0.05, 0) is 69.7 Å². The van der Waals surface area contributed by atoms with Crippen LogP contribution in [-0.2, 0) is 16.0 Å². The number of carbonyl (C=O) groups excluding carboxylic acids is 2. The fraction of sp³-hybridized carbons (Fsp3) is 0.462. The topological polar surface area (TPSA) is 58.6 Å². The molecule has 0 saturated carbocycles. The lowest BCUT2D eigenvalue weighted by atomic mass is 9.99. The first kappa shape index (κ1) is 22.9. The summed E-state index contributed by atoms with van der Waals surface area (Å²) in [5.41, 5.74) is 2.08. The summed E-state index contributed by atoms with van der Waals surface area (Å²) >= 11 is 0. The van der Waals surface area contributed by atoms with Gasteiger partial charge in [0, 0.05) is 19.0 Å². The van der Waals surface area contributed by atoms with Gasteiger partial charge in [-0.2, -0.15) is 0 Å². The number of hydrogen-bond donors (Lipinski definition) is 1. The van der Waals surface area contributed by atoms with Crippen LogP contribution in [0.1, 0.15) is 63.6 Å². The second kappa shape index (κ2) is 11.0. The fourth-order valence-electron chi connectivity index (χ4n) is 3.99. The van der Waals surface area contributed by atoms with Crippen LogP contribution < -0.4 is 10.1 Å². The van der Waals surface area contributed by atoms with Gasteiger partial charge >= 0.3 is 0 Å². The lowest BCUT2D eigenvalue weighted by molar-refractivity contribution is -0.143. The van der Waals surface area contributed by atoms with Gasteiger partial charge in [-0.1, -0.05) is 42.5 Å². The molecule has 1 aliphatic rings. The zero-order valence-corrected chi connectivity index (χ0v) is 18.8. The van der Waals surface area contributed by atoms with Crippen molar-refractivity contribution >= 4 is 11.8 Å². The number of ether oxygens (including phenoxy) is 1. The van der Waals surface area contributed by atoms with Gasteiger partial charge in [0.25, 0.3) is 0 Å². The summed E-state index contributed by atoms with van der Waals surface area (Å²) < 4.78 is 5.69. The molecule has 2 atom stereocenters. The Labute approximate surface area is 185 Å². The van der Waals surface area contributed by atoms with E-state index in [-0.39, 0.29) is 24.0 Å². The van der Waals surface area contributed by atoms with E-state index >= 15 is 0 Å². The van der Waals surface area contributed by atoms with E-state index < -0.39 is 6.04 Å². The van der Waals surface area contributed by atoms with Gasteiger partial charge in [-0.25, -0.2) is 0 Å². The van der Waals surface area contributed by atoms with Crippen molar-refractivity contribution in [1.29, 1.82) is 0 Å². The fourth-order valence-corrected chi connectivity index (χ4v) is 3.99. The third-order valence-corrected chi connectivity index (χ3v) is 5.59. The molecule has 5 heteroatoms. The third kappa shape index (κ3) is 6.58. The molecule has 3 rings (SSSR count). The normalized spacial score (nSPS) is 16.1. The third-order valence-electron chi connectivity index (χ3n) is 5.59. The molecule has 1 saturated heterocycles. The van der Waals surface area contributed by atoms with Crippen LogP contribution in [0, 0.1) is 0 Å². The van der Waals surface area contributed by atoms with Crippen molar-refractivity contribution in [3.63, 3.8) is 0 Å². The summed E-state index contributed by atoms with van der Waals surface area (Å²) in [6.45, 7) is 6.68. The Kier molecular flexibility index (Phi) is 8.10. The van der Waals surface area contributed by atoms with E-state index in [0.29, 0.717) is 13.0 Å². The number of piperidine rings is 1. The van der Waals surface area contributed by atoms with Crippen LogP contribution in [0.3, 0.4) is 0 Å². The number of likely N-dealkylation sites (tertiary alicyclic amines) is 1. The van der Waals surface area contributed by atoms with E-state index in [0.717, 1.165) is 37.0 Å². The van der Waals surface area contributed by atoms with E-state index in [9.17, 15) is 9.59 Å². The maximum Gasteiger partial charge on any atom is 0.247 e. The molecule has 0 bridgehead atoms. The van der Waals surface area contributed by atoms with E-state index in [4.69, 9.17) is 4.74 Å². The minimum atomic E-state index is -0.566. The standard InChI is InChI=1S/C26H34N2O3/c1-19(2)31-23-16-14-21(15-17-23)13-12-20(3)27-26(30)25(22-9-5-4-6-10-22)28-18-8-7-11-24(28)29/h4-6,9-10,14-17,19-20,25H,7-8,11-13,18H2,1-3H3,(H,27,30). The van der Waals surface area contributed by atoms with Crippen LogP contribution in [-0.4, -0.2) is 35.4 Å². The van der Waals surface area contributed by atoms with Gasteiger partial charge in [0.2, 0.25) is 11.8 Å². The van der Waals surface area contributed by atoms with Gasteiger partial charge in [-0.3, -0.25) is 9.59 Å². The average Bonchev–Trinajstić information content (AvgIpc) is 2.75. The zero-order valence-electron chi connectivity index (χ0n) is 18.8. The maximum absolute atomic E-state index is 13.2. The summed E-state index contributed by atoms with van der Waals surface area (Å²) in [5.74, 6) is 0.832. The maximum atomic E-state index is 13.2. The van der Waals surface area contributed by atoms with Crippen molar-refractivity contribution in [1.82, 2.24) is 10.2 Å². The number of amides is 2. The minimum Gasteiger partial charge on any atom is -0.491 e. The Morgan fingerprint density at radius 3 is 2.39 bits per heavy atom. The molecule has 2 aromatic carbocycles. The van der Waals surface area contributed by atoms with E-state index in [1.165, 1.54) is 5.56 Å². The van der Waals surface area contributed by atoms with Crippen molar-refractivity contribution < 1.29 is 14.3 Å². The second-order valence-corrected chi connectivity index (χ2v) is 8.62. The first-order valence-electron chi connectivity index (χ1n) is 11.3. The quantitative estimate of drug-likeness (QED) is 0.639. The average molecular weight is 423 g/mol. The molecule has 2 aromatic rings. The van der Waals surface area contributed by atoms with Gasteiger partial charge in [0.1, 0.15) is 11.8 Å². The highest BCUT2D eigenvalue weighted by Gasteiger charge is 2.33. The second-order valence-electron chi connectivity index (χ2n) is 8.62. The SMILES string of the molecule is CC(CCc1ccc(OC(C)C)cc1)NC(=O)C(c1ccccc1)N1CCCCC1=O. The molecule has 31 heavy (non-hydrogen) atoms. The highest BCUT2D eigenvalue weighted by Crippen LogP contribution is 2.26. The lowest BCUT2D eigenvalue weighted by Crippen LogP contribution is -2.47. The molecular formula is C26H34N2O3. The van der Waals surface area contributed by atoms with Crippen molar-refractivity contribution in [2.24, 2.45) is 0 Å². The van der Waals surface area contributed by atoms with Gasteiger partial charge in [0.15, 0.2) is 0 Å². The summed E-state index contributed by atoms with van der Waals surface area (Å²) in [6, 6.07) is 17.2. The number of aryl methyl sites for hydroxylation is 1. The smallest absolute Gasteiger partial charge is 0.247 e. The molecule has 1 fully saturated rings. The molecule has 1 heterocycles. The van der Waals surface area contributed by atoms with Crippen LogP contribution in [0.5, 0.6) is 5.75 Å². The molecule has 0 aromatic heterocycles. The molecule has 2 amide bonds. The van der Waals surface area contributed by atoms with Crippen molar-refractivity contribution in [3.8, 4) is 5.75 Å². The predicted molar refractivity (Wildman–Crippen MR) is 123 cm³/mol. The van der Waals surface area contributed by atoms with Crippen LogP contribution >= 0.6 is 0 Å². The Morgan fingerprint density at radius 1 is 1.03 bits per heavy atom. The largest absolute Gasteiger partial charge is 0.491 e. The molecule has 166 valence electrons. The number of carbonyl (C=O) groups is 2. The van der Waals surface area contributed by atoms with Crippen molar-refractivity contribution in [2.45, 2.75) is 71.1 Å². The number of nitrogens with zero attached hydrogens (tertiary/aromatic N) is 1. The first-order valence-corrected chi connectivity index (χ1v) is 11.3. The molecule has 1 N–H and O–H groups in total. The number of hydrogen-bond acceptors (Lipinski definition) is 3. The van der Waals surface area contributed by atoms with Gasteiger partial charge in [-0.15, -0.1) is 0 Å². The minimum absolute atomic E-state index is 0.00481. The Morgan fingerprint density at radius 2 is 1.74 bits per heavy atom. The molecule has 0 aliphatic carbocycles. The highest BCUT2D eigenvalue weighted by molar-refractivity contribution is 5.89. The Balaban J connectivity index is 1.61. The molecular weight excluding hydrogens is 388 g/mol. The van der Waals surface area contributed by atoms with Crippen LogP contribution in [0.4, 0.5) is 0 Å². The number of benzene rings is 2. The summed E-state index contributed by atoms with van der Waals surface area (Å²) in [5, 5.41) is 3.15. The number of nitrogens with one attached hydrogen (secondary N) is 1. The van der Waals surface area contributed by atoms with E-state index in [1.807, 2.05) is 63.2 Å². The van der Waals surface area contributed by atoms with Crippen molar-refractivity contribution in [3.05, 3.63) is 65.7 Å². The monoisotopic (exact) mass is 422 g/mol. The van der Waals surface area contributed by atoms with E-state index in [1.54, 1.807) is 4.90 Å². The molecule has 0 spiro atoms. The molecule has 0 radical (unpaired) electrons. The van der Waals surface area contributed by atoms with Crippen LogP contribution in [0.25, 0.3) is 0 Å². The highest BCUT2D eigenvalue weighted by atomic mass is 16.5. The van der Waals surface area contributed by atoms with Crippen LogP contribution in [0.2, 0.25) is 0 Å². The van der Waals surface area contributed by atoms with E-state index in [2.05, 4.69) is 17.4 Å². The lowest BCUT2D eigenvalue weighted by Gasteiger charge is -2.34. The first-order chi connectivity index (χ1) is 14.9. The number of rotatable bonds is 9. The summed E-state index contributed by atoms with van der Waals surface area (Å²) in [4.78, 5) is 27.5. The molecule has 1 aliphatic heterocycles. The van der Waals surface area contributed by atoms with Gasteiger partial charge < -0.3 is 15.0 Å². The summed E-state index contributed by atoms with van der Waals surface area (Å²) in [6.07, 6.45) is 4.20.